The molecule has 1 aromatic heterocycles. The van der Waals surface area contributed by atoms with E-state index in [1.54, 1.807) is 13.8 Å². The molecule has 1 atom stereocenters. The van der Waals surface area contributed by atoms with Crippen LogP contribution in [0.5, 0.6) is 0 Å². The van der Waals surface area contributed by atoms with Gasteiger partial charge in [0.2, 0.25) is 0 Å². The van der Waals surface area contributed by atoms with Gasteiger partial charge in [-0.15, -0.1) is 0 Å². The van der Waals surface area contributed by atoms with Gasteiger partial charge in [-0.05, 0) is 45.5 Å². The minimum Gasteiger partial charge on any atom is -0.465 e. The number of H-pyrrole nitrogens is 1. The summed E-state index contributed by atoms with van der Waals surface area (Å²) in [5.41, 5.74) is 3.31. The summed E-state index contributed by atoms with van der Waals surface area (Å²) >= 11 is 0. The number of benzene rings is 1. The van der Waals surface area contributed by atoms with Crippen molar-refractivity contribution in [3.8, 4) is 0 Å². The zero-order valence-electron chi connectivity index (χ0n) is 14.8. The molecular formula is C19H24N2O3. The Morgan fingerprint density at radius 1 is 1.17 bits per heavy atom. The first-order valence-electron chi connectivity index (χ1n) is 7.88. The summed E-state index contributed by atoms with van der Waals surface area (Å²) in [6, 6.07) is 9.59. The largest absolute Gasteiger partial charge is 0.465 e. The highest BCUT2D eigenvalue weighted by Gasteiger charge is 2.28. The third-order valence-electron chi connectivity index (χ3n) is 4.27. The van der Waals surface area contributed by atoms with Crippen LogP contribution >= 0.6 is 0 Å². The summed E-state index contributed by atoms with van der Waals surface area (Å²) in [6.45, 7) is 3.55. The van der Waals surface area contributed by atoms with E-state index in [0.29, 0.717) is 28.9 Å². The lowest BCUT2D eigenvalue weighted by Crippen LogP contribution is -2.38. The first kappa shape index (κ1) is 17.9. The number of hydrogen-bond donors (Lipinski definition) is 1. The number of nitrogens with one attached hydrogen (secondary N) is 1. The van der Waals surface area contributed by atoms with Gasteiger partial charge in [-0.2, -0.15) is 0 Å². The molecule has 5 heteroatoms. The summed E-state index contributed by atoms with van der Waals surface area (Å²) in [5, 5.41) is 0. The maximum Gasteiger partial charge on any atom is 0.339 e. The molecule has 5 nitrogen and oxygen atoms in total. The highest BCUT2D eigenvalue weighted by atomic mass is 16.5. The number of carbonyl (C=O) groups excluding carboxylic acids is 2. The first-order valence-corrected chi connectivity index (χ1v) is 7.88. The molecule has 0 saturated carbocycles. The van der Waals surface area contributed by atoms with Gasteiger partial charge < -0.3 is 9.72 Å². The Hall–Kier alpha value is -2.40. The van der Waals surface area contributed by atoms with Crippen LogP contribution in [-0.2, 0) is 11.2 Å². The lowest BCUT2D eigenvalue weighted by Gasteiger charge is -2.23. The summed E-state index contributed by atoms with van der Waals surface area (Å²) in [5.74, 6) is -0.454. The van der Waals surface area contributed by atoms with Crippen molar-refractivity contribution in [3.05, 3.63) is 58.4 Å². The second-order valence-electron chi connectivity index (χ2n) is 6.15. The third kappa shape index (κ3) is 3.57. The zero-order valence-corrected chi connectivity index (χ0v) is 14.8. The molecule has 0 aliphatic rings. The van der Waals surface area contributed by atoms with E-state index < -0.39 is 5.97 Å². The molecule has 1 heterocycles. The number of nitrogens with zero attached hydrogens (tertiary/aromatic N) is 1. The van der Waals surface area contributed by atoms with E-state index in [9.17, 15) is 9.59 Å². The molecule has 128 valence electrons. The average molecular weight is 328 g/mol. The number of aromatic amines is 1. The molecule has 1 N–H and O–H groups in total. The molecular weight excluding hydrogens is 304 g/mol. The SMILES string of the molecule is COC(=O)c1c(C)[nH]c(C(=O)[C@@H](Cc2ccccc2)N(C)C)c1C. The molecule has 2 aromatic rings. The molecule has 0 fully saturated rings. The predicted octanol–water partition coefficient (Wildman–Crippen LogP) is 2.77. The van der Waals surface area contributed by atoms with Crippen molar-refractivity contribution in [2.24, 2.45) is 0 Å². The van der Waals surface area contributed by atoms with Gasteiger partial charge in [0.1, 0.15) is 0 Å². The van der Waals surface area contributed by atoms with E-state index in [2.05, 4.69) is 4.98 Å². The van der Waals surface area contributed by atoms with Crippen molar-refractivity contribution >= 4 is 11.8 Å². The van der Waals surface area contributed by atoms with Crippen LogP contribution in [0.3, 0.4) is 0 Å². The molecule has 24 heavy (non-hydrogen) atoms. The molecule has 1 aromatic carbocycles. The zero-order chi connectivity index (χ0) is 17.9. The molecule has 0 aliphatic carbocycles. The van der Waals surface area contributed by atoms with Gasteiger partial charge >= 0.3 is 5.97 Å². The second-order valence-corrected chi connectivity index (χ2v) is 6.15. The normalized spacial score (nSPS) is 12.2. The predicted molar refractivity (Wildman–Crippen MR) is 93.6 cm³/mol. The molecule has 0 unspecified atom stereocenters. The number of esters is 1. The summed E-state index contributed by atoms with van der Waals surface area (Å²) in [4.78, 5) is 30.0. The van der Waals surface area contributed by atoms with Crippen LogP contribution in [0.2, 0.25) is 0 Å². The van der Waals surface area contributed by atoms with Gasteiger partial charge in [-0.25, -0.2) is 4.79 Å². The standard InChI is InChI=1S/C19H24N2O3/c1-12-16(19(23)24-5)13(2)20-17(12)18(22)15(21(3)4)11-14-9-7-6-8-10-14/h6-10,15,20H,11H2,1-5H3/t15-/m1/s1. The van der Waals surface area contributed by atoms with Gasteiger partial charge in [0, 0.05) is 5.69 Å². The Morgan fingerprint density at radius 3 is 2.33 bits per heavy atom. The van der Waals surface area contributed by atoms with Gasteiger partial charge in [0.15, 0.2) is 5.78 Å². The molecule has 0 radical (unpaired) electrons. The number of ether oxygens (including phenoxy) is 1. The fourth-order valence-corrected chi connectivity index (χ4v) is 2.92. The van der Waals surface area contributed by atoms with Crippen molar-refractivity contribution < 1.29 is 14.3 Å². The summed E-state index contributed by atoms with van der Waals surface area (Å²) in [7, 11) is 5.11. The second kappa shape index (κ2) is 7.45. The maximum absolute atomic E-state index is 13.1. The third-order valence-corrected chi connectivity index (χ3v) is 4.27. The molecule has 0 aliphatic heterocycles. The monoisotopic (exact) mass is 328 g/mol. The Morgan fingerprint density at radius 2 is 1.79 bits per heavy atom. The smallest absolute Gasteiger partial charge is 0.339 e. The number of Topliss-reactive ketones (excluding diaryl/α,β-unsaturated/α-hetero) is 1. The lowest BCUT2D eigenvalue weighted by molar-refractivity contribution is 0.0599. The van der Waals surface area contributed by atoms with Crippen LogP contribution in [0, 0.1) is 13.8 Å². The van der Waals surface area contributed by atoms with Crippen LogP contribution in [-0.4, -0.2) is 48.9 Å². The number of carbonyl (C=O) groups is 2. The Bertz CT molecular complexity index is 733. The van der Waals surface area contributed by atoms with Gasteiger partial charge in [0.05, 0.1) is 24.4 Å². The Labute approximate surface area is 142 Å². The van der Waals surface area contributed by atoms with E-state index in [0.717, 1.165) is 5.56 Å². The first-order chi connectivity index (χ1) is 11.4. The summed E-state index contributed by atoms with van der Waals surface area (Å²) < 4.78 is 4.81. The highest BCUT2D eigenvalue weighted by molar-refractivity contribution is 6.04. The fourth-order valence-electron chi connectivity index (χ4n) is 2.92. The Kier molecular flexibility index (Phi) is 5.57. The minimum atomic E-state index is -0.426. The van der Waals surface area contributed by atoms with E-state index >= 15 is 0 Å². The molecule has 0 spiro atoms. The average Bonchev–Trinajstić information content (AvgIpc) is 2.86. The van der Waals surface area contributed by atoms with Crippen molar-refractivity contribution in [3.63, 3.8) is 0 Å². The van der Waals surface area contributed by atoms with E-state index in [4.69, 9.17) is 4.74 Å². The number of aromatic nitrogens is 1. The van der Waals surface area contributed by atoms with E-state index in [-0.39, 0.29) is 11.8 Å². The number of aryl methyl sites for hydroxylation is 1. The van der Waals surface area contributed by atoms with Crippen molar-refractivity contribution in [1.29, 1.82) is 0 Å². The molecule has 0 bridgehead atoms. The van der Waals surface area contributed by atoms with Gasteiger partial charge in [-0.1, -0.05) is 30.3 Å². The number of likely N-dealkylation sites (N-methyl/N-ethyl adjacent to an activating group) is 1. The number of ketones is 1. The topological polar surface area (TPSA) is 62.4 Å². The van der Waals surface area contributed by atoms with Gasteiger partial charge in [0.25, 0.3) is 0 Å². The van der Waals surface area contributed by atoms with Crippen LogP contribution in [0.1, 0.15) is 37.7 Å². The van der Waals surface area contributed by atoms with E-state index in [1.165, 1.54) is 7.11 Å². The lowest BCUT2D eigenvalue weighted by atomic mass is 9.97. The number of methoxy groups -OCH3 is 1. The van der Waals surface area contributed by atoms with Crippen LogP contribution in [0.25, 0.3) is 0 Å². The molecule has 2 rings (SSSR count). The van der Waals surface area contributed by atoms with Crippen molar-refractivity contribution in [1.82, 2.24) is 9.88 Å². The quantitative estimate of drug-likeness (QED) is 0.654. The minimum absolute atomic E-state index is 0.0281. The van der Waals surface area contributed by atoms with Crippen LogP contribution in [0.15, 0.2) is 30.3 Å². The van der Waals surface area contributed by atoms with Crippen LogP contribution in [0.4, 0.5) is 0 Å². The molecule has 0 saturated heterocycles. The van der Waals surface area contributed by atoms with E-state index in [1.807, 2.05) is 49.3 Å². The van der Waals surface area contributed by atoms with Crippen molar-refractivity contribution in [2.45, 2.75) is 26.3 Å². The highest BCUT2D eigenvalue weighted by Crippen LogP contribution is 2.22. The maximum atomic E-state index is 13.1. The molecule has 0 amide bonds. The fraction of sp³-hybridized carbons (Fsp3) is 0.368. The van der Waals surface area contributed by atoms with Gasteiger partial charge in [-0.3, -0.25) is 9.69 Å². The Balaban J connectivity index is 2.36. The van der Waals surface area contributed by atoms with Crippen LogP contribution < -0.4 is 0 Å². The number of rotatable bonds is 6. The summed E-state index contributed by atoms with van der Waals surface area (Å²) in [6.07, 6.45) is 0.609. The number of hydrogen-bond acceptors (Lipinski definition) is 4. The van der Waals surface area contributed by atoms with Crippen molar-refractivity contribution in [2.75, 3.05) is 21.2 Å².